The molecule has 0 bridgehead atoms. The van der Waals surface area contributed by atoms with Gasteiger partial charge in [0, 0.05) is 36.6 Å². The Labute approximate surface area is 327 Å². The minimum atomic E-state index is 1.15. The first-order valence-electron chi connectivity index (χ1n) is 19.3. The lowest BCUT2D eigenvalue weighted by Gasteiger charge is -2.18. The summed E-state index contributed by atoms with van der Waals surface area (Å²) in [5, 5.41) is 12.8. The van der Waals surface area contributed by atoms with E-state index in [0.29, 0.717) is 0 Å². The summed E-state index contributed by atoms with van der Waals surface area (Å²) < 4.78 is 5.10. The van der Waals surface area contributed by atoms with Gasteiger partial charge in [-0.2, -0.15) is 0 Å². The van der Waals surface area contributed by atoms with Crippen LogP contribution in [0.2, 0.25) is 0 Å². The zero-order valence-electron chi connectivity index (χ0n) is 30.4. The van der Waals surface area contributed by atoms with Crippen molar-refractivity contribution in [1.82, 2.24) is 4.57 Å². The standard InChI is InChI=1S/C54H33NS/c1-2-13-36-32-38(25-24-34(36)12-1)53-45-18-5-3-16-43(45)52(44-17-4-6-19-46(44)53)35-26-29-39(30-27-35)55-49-22-9-7-14-41(49)48-33-37(28-31-50(48)55)40-20-11-21-47-42-15-8-10-23-51(42)56-54(40)47/h1-33H. The van der Waals surface area contributed by atoms with Gasteiger partial charge in [0.25, 0.3) is 0 Å². The maximum Gasteiger partial charge on any atom is 0.0541 e. The lowest BCUT2D eigenvalue weighted by atomic mass is 9.85. The predicted octanol–water partition coefficient (Wildman–Crippen LogP) is 15.6. The highest BCUT2D eigenvalue weighted by Crippen LogP contribution is 2.45. The van der Waals surface area contributed by atoms with Crippen LogP contribution in [-0.4, -0.2) is 4.57 Å². The van der Waals surface area contributed by atoms with Gasteiger partial charge in [0.2, 0.25) is 0 Å². The number of benzene rings is 10. The van der Waals surface area contributed by atoms with Gasteiger partial charge in [-0.1, -0.05) is 158 Å². The highest BCUT2D eigenvalue weighted by molar-refractivity contribution is 7.26. The molecule has 0 aliphatic carbocycles. The lowest BCUT2D eigenvalue weighted by Crippen LogP contribution is -1.95. The Kier molecular flexibility index (Phi) is 6.87. The normalized spacial score (nSPS) is 11.9. The molecule has 0 atom stereocenters. The van der Waals surface area contributed by atoms with Crippen LogP contribution in [0.1, 0.15) is 0 Å². The lowest BCUT2D eigenvalue weighted by molar-refractivity contribution is 1.18. The molecule has 2 heteroatoms. The molecule has 0 unspecified atom stereocenters. The third-order valence-corrected chi connectivity index (χ3v) is 13.0. The SMILES string of the molecule is c1ccc2cc(-c3c4ccccc4c(-c4ccc(-n5c6ccccc6c6cc(-c7cccc8c7sc7ccccc78)ccc65)cc4)c4ccccc34)ccc2c1. The summed E-state index contributed by atoms with van der Waals surface area (Å²) in [6, 6.07) is 73.9. The maximum absolute atomic E-state index is 2.43. The molecule has 2 heterocycles. The van der Waals surface area contributed by atoms with Crippen LogP contribution in [0.5, 0.6) is 0 Å². The molecular weight excluding hydrogens is 695 g/mol. The number of hydrogen-bond donors (Lipinski definition) is 0. The van der Waals surface area contributed by atoms with Crippen molar-refractivity contribution >= 4 is 85.6 Å². The van der Waals surface area contributed by atoms with Crippen molar-refractivity contribution in [2.45, 2.75) is 0 Å². The Morgan fingerprint density at radius 3 is 1.62 bits per heavy atom. The molecule has 0 N–H and O–H groups in total. The van der Waals surface area contributed by atoms with Crippen LogP contribution < -0.4 is 0 Å². The Morgan fingerprint density at radius 1 is 0.321 bits per heavy atom. The quantitative estimate of drug-likeness (QED) is 0.159. The fourth-order valence-electron chi connectivity index (χ4n) is 9.27. The molecule has 56 heavy (non-hydrogen) atoms. The molecule has 2 aromatic heterocycles. The molecule has 0 aliphatic rings. The van der Waals surface area contributed by atoms with Gasteiger partial charge in [0.15, 0.2) is 0 Å². The van der Waals surface area contributed by atoms with E-state index in [1.165, 1.54) is 108 Å². The van der Waals surface area contributed by atoms with E-state index in [-0.39, 0.29) is 0 Å². The second-order valence-electron chi connectivity index (χ2n) is 14.8. The largest absolute Gasteiger partial charge is 0.309 e. The predicted molar refractivity (Wildman–Crippen MR) is 242 cm³/mol. The fourth-order valence-corrected chi connectivity index (χ4v) is 10.5. The zero-order valence-corrected chi connectivity index (χ0v) is 31.2. The van der Waals surface area contributed by atoms with Crippen LogP contribution in [0.4, 0.5) is 0 Å². The van der Waals surface area contributed by atoms with Gasteiger partial charge in [-0.25, -0.2) is 0 Å². The molecule has 0 spiro atoms. The summed E-state index contributed by atoms with van der Waals surface area (Å²) in [6.07, 6.45) is 0. The maximum atomic E-state index is 2.43. The van der Waals surface area contributed by atoms with Crippen LogP contribution >= 0.6 is 11.3 Å². The Balaban J connectivity index is 1.02. The van der Waals surface area contributed by atoms with Crippen LogP contribution in [0.3, 0.4) is 0 Å². The number of rotatable bonds is 4. The molecule has 12 aromatic rings. The summed E-state index contributed by atoms with van der Waals surface area (Å²) in [7, 11) is 0. The third kappa shape index (κ3) is 4.67. The van der Waals surface area contributed by atoms with Crippen molar-refractivity contribution in [3.8, 4) is 39.1 Å². The first-order chi connectivity index (χ1) is 27.8. The van der Waals surface area contributed by atoms with E-state index < -0.39 is 0 Å². The van der Waals surface area contributed by atoms with Gasteiger partial charge in [0.1, 0.15) is 0 Å². The highest BCUT2D eigenvalue weighted by atomic mass is 32.1. The molecule has 0 fully saturated rings. The van der Waals surface area contributed by atoms with Gasteiger partial charge in [0.05, 0.1) is 11.0 Å². The summed E-state index contributed by atoms with van der Waals surface area (Å²) in [5.41, 5.74) is 11.1. The smallest absolute Gasteiger partial charge is 0.0541 e. The molecule has 260 valence electrons. The molecule has 0 amide bonds. The van der Waals surface area contributed by atoms with Crippen LogP contribution in [0, 0.1) is 0 Å². The molecule has 0 saturated carbocycles. The minimum Gasteiger partial charge on any atom is -0.309 e. The van der Waals surface area contributed by atoms with Crippen molar-refractivity contribution < 1.29 is 0 Å². The molecule has 10 aromatic carbocycles. The highest BCUT2D eigenvalue weighted by Gasteiger charge is 2.19. The number of aromatic nitrogens is 1. The van der Waals surface area contributed by atoms with Crippen molar-refractivity contribution in [3.63, 3.8) is 0 Å². The van der Waals surface area contributed by atoms with E-state index in [9.17, 15) is 0 Å². The van der Waals surface area contributed by atoms with Crippen LogP contribution in [-0.2, 0) is 0 Å². The third-order valence-electron chi connectivity index (χ3n) is 11.8. The molecule has 0 saturated heterocycles. The number of thiophene rings is 1. The average Bonchev–Trinajstić information content (AvgIpc) is 3.81. The van der Waals surface area contributed by atoms with Gasteiger partial charge in [-0.05, 0) is 108 Å². The van der Waals surface area contributed by atoms with E-state index in [1.807, 2.05) is 11.3 Å². The number of hydrogen-bond acceptors (Lipinski definition) is 1. The monoisotopic (exact) mass is 727 g/mol. The number of para-hydroxylation sites is 1. The Morgan fingerprint density at radius 2 is 0.875 bits per heavy atom. The molecule has 0 radical (unpaired) electrons. The van der Waals surface area contributed by atoms with E-state index in [1.54, 1.807) is 0 Å². The van der Waals surface area contributed by atoms with E-state index in [4.69, 9.17) is 0 Å². The van der Waals surface area contributed by atoms with Crippen LogP contribution in [0.15, 0.2) is 200 Å². The van der Waals surface area contributed by atoms with E-state index in [0.717, 1.165) is 5.69 Å². The first kappa shape index (κ1) is 31.4. The summed E-state index contributed by atoms with van der Waals surface area (Å²) in [6.45, 7) is 0. The minimum absolute atomic E-state index is 1.15. The van der Waals surface area contributed by atoms with Crippen molar-refractivity contribution in [3.05, 3.63) is 200 Å². The van der Waals surface area contributed by atoms with E-state index in [2.05, 4.69) is 205 Å². The topological polar surface area (TPSA) is 4.93 Å². The Bertz CT molecular complexity index is 3470. The van der Waals surface area contributed by atoms with Crippen molar-refractivity contribution in [1.29, 1.82) is 0 Å². The number of fused-ring (bicyclic) bond motifs is 9. The zero-order chi connectivity index (χ0) is 36.7. The second kappa shape index (κ2) is 12.3. The molecule has 1 nitrogen and oxygen atoms in total. The molecular formula is C54H33NS. The molecule has 0 aliphatic heterocycles. The summed E-state index contributed by atoms with van der Waals surface area (Å²) in [4.78, 5) is 0. The average molecular weight is 728 g/mol. The van der Waals surface area contributed by atoms with Crippen LogP contribution in [0.25, 0.3) is 113 Å². The fraction of sp³-hybridized carbons (Fsp3) is 0. The number of nitrogens with zero attached hydrogens (tertiary/aromatic N) is 1. The van der Waals surface area contributed by atoms with E-state index >= 15 is 0 Å². The first-order valence-corrected chi connectivity index (χ1v) is 20.1. The Hall–Kier alpha value is -7.00. The van der Waals surface area contributed by atoms with Gasteiger partial charge in [-0.15, -0.1) is 11.3 Å². The molecule has 12 rings (SSSR count). The van der Waals surface area contributed by atoms with Crippen molar-refractivity contribution in [2.24, 2.45) is 0 Å². The second-order valence-corrected chi connectivity index (χ2v) is 15.9. The van der Waals surface area contributed by atoms with Gasteiger partial charge in [-0.3, -0.25) is 0 Å². The summed E-state index contributed by atoms with van der Waals surface area (Å²) >= 11 is 1.89. The van der Waals surface area contributed by atoms with Gasteiger partial charge >= 0.3 is 0 Å². The summed E-state index contributed by atoms with van der Waals surface area (Å²) in [5.74, 6) is 0. The van der Waals surface area contributed by atoms with Crippen molar-refractivity contribution in [2.75, 3.05) is 0 Å². The van der Waals surface area contributed by atoms with Gasteiger partial charge < -0.3 is 4.57 Å².